The quantitative estimate of drug-likeness (QED) is 0.491. The Morgan fingerprint density at radius 3 is 2.59 bits per heavy atom. The number of aromatic nitrogens is 3. The molecule has 3 rings (SSSR count). The summed E-state index contributed by atoms with van der Waals surface area (Å²) in [5.74, 6) is 1.66. The van der Waals surface area contributed by atoms with Crippen molar-refractivity contribution in [2.24, 2.45) is 0 Å². The van der Waals surface area contributed by atoms with Crippen LogP contribution in [0.15, 0.2) is 48.8 Å². The Morgan fingerprint density at radius 2 is 1.94 bits per heavy atom. The maximum absolute atomic E-state index is 13.0. The molecule has 0 aliphatic carbocycles. The summed E-state index contributed by atoms with van der Waals surface area (Å²) < 4.78 is 13.1. The van der Waals surface area contributed by atoms with Gasteiger partial charge in [0.25, 0.3) is 5.91 Å². The summed E-state index contributed by atoms with van der Waals surface area (Å²) >= 11 is 0. The first-order valence-electron chi connectivity index (χ1n) is 10.9. The minimum absolute atomic E-state index is 0.233. The van der Waals surface area contributed by atoms with E-state index in [0.717, 1.165) is 25.3 Å². The van der Waals surface area contributed by atoms with E-state index >= 15 is 0 Å². The van der Waals surface area contributed by atoms with Crippen LogP contribution in [0.3, 0.4) is 0 Å². The van der Waals surface area contributed by atoms with E-state index < -0.39 is 0 Å². The Kier molecular flexibility index (Phi) is 8.21. The van der Waals surface area contributed by atoms with Crippen LogP contribution in [0.1, 0.15) is 36.8 Å². The van der Waals surface area contributed by atoms with Gasteiger partial charge in [-0.2, -0.15) is 5.10 Å². The van der Waals surface area contributed by atoms with Gasteiger partial charge in [0.05, 0.1) is 24.6 Å². The zero-order valence-corrected chi connectivity index (χ0v) is 19.2. The number of hydrogen-bond acceptors (Lipinski definition) is 6. The highest BCUT2D eigenvalue weighted by atomic mass is 16.5. The molecule has 1 aromatic carbocycles. The number of ether oxygens (including phenoxy) is 2. The lowest BCUT2D eigenvalue weighted by Gasteiger charge is -2.19. The van der Waals surface area contributed by atoms with Gasteiger partial charge in [0, 0.05) is 24.5 Å². The van der Waals surface area contributed by atoms with Gasteiger partial charge in [-0.25, -0.2) is 9.67 Å². The predicted molar refractivity (Wildman–Crippen MR) is 125 cm³/mol. The zero-order chi connectivity index (χ0) is 22.9. The lowest BCUT2D eigenvalue weighted by atomic mass is 10.2. The van der Waals surface area contributed by atoms with E-state index in [2.05, 4.69) is 34.1 Å². The van der Waals surface area contributed by atoms with Crippen LogP contribution in [0.5, 0.6) is 11.5 Å². The number of amides is 1. The van der Waals surface area contributed by atoms with Crippen molar-refractivity contribution < 1.29 is 14.3 Å². The lowest BCUT2D eigenvalue weighted by Crippen LogP contribution is -2.28. The summed E-state index contributed by atoms with van der Waals surface area (Å²) in [7, 11) is 1.60. The normalized spacial score (nSPS) is 10.9. The second-order valence-electron chi connectivity index (χ2n) is 7.15. The Labute approximate surface area is 189 Å². The third kappa shape index (κ3) is 5.45. The molecule has 32 heavy (non-hydrogen) atoms. The summed E-state index contributed by atoms with van der Waals surface area (Å²) in [6.07, 6.45) is 3.92. The maximum atomic E-state index is 13.0. The van der Waals surface area contributed by atoms with Crippen molar-refractivity contribution in [1.82, 2.24) is 19.7 Å². The minimum atomic E-state index is -0.233. The van der Waals surface area contributed by atoms with Gasteiger partial charge in [-0.1, -0.05) is 26.8 Å². The topological polar surface area (TPSA) is 81.5 Å². The van der Waals surface area contributed by atoms with E-state index in [9.17, 15) is 4.79 Å². The van der Waals surface area contributed by atoms with Crippen molar-refractivity contribution in [1.29, 1.82) is 0 Å². The number of pyridine rings is 1. The van der Waals surface area contributed by atoms with Crippen molar-refractivity contribution in [2.45, 2.75) is 27.2 Å². The predicted octanol–water partition coefficient (Wildman–Crippen LogP) is 3.81. The van der Waals surface area contributed by atoms with Crippen LogP contribution in [0.2, 0.25) is 0 Å². The van der Waals surface area contributed by atoms with Gasteiger partial charge in [-0.3, -0.25) is 4.79 Å². The number of nitrogens with one attached hydrogen (secondary N) is 1. The van der Waals surface area contributed by atoms with Gasteiger partial charge in [-0.05, 0) is 43.8 Å². The Bertz CT molecular complexity index is 1020. The largest absolute Gasteiger partial charge is 0.493 e. The fourth-order valence-corrected chi connectivity index (χ4v) is 3.47. The average Bonchev–Trinajstić information content (AvgIpc) is 3.27. The van der Waals surface area contributed by atoms with Gasteiger partial charge in [0.2, 0.25) is 0 Å². The number of hydrogen-bond donors (Lipinski definition) is 1. The van der Waals surface area contributed by atoms with Crippen LogP contribution < -0.4 is 14.8 Å². The number of benzene rings is 1. The number of methoxy groups -OCH3 is 1. The molecule has 1 amide bonds. The van der Waals surface area contributed by atoms with Gasteiger partial charge in [-0.15, -0.1) is 0 Å². The standard InChI is InChI=1S/C24H31N5O3/c1-5-20-19(17-26-29(20)23-10-8-9-13-25-23)24(30)27-18-11-12-21(31-4)22(16-18)32-15-14-28(6-2)7-3/h8-13,16-17H,5-7,14-15H2,1-4H3,(H,27,30). The molecule has 0 spiro atoms. The van der Waals surface area contributed by atoms with E-state index in [1.54, 1.807) is 42.4 Å². The molecule has 0 saturated heterocycles. The maximum Gasteiger partial charge on any atom is 0.259 e. The second-order valence-corrected chi connectivity index (χ2v) is 7.15. The molecular formula is C24H31N5O3. The second kappa shape index (κ2) is 11.3. The van der Waals surface area contributed by atoms with Crippen LogP contribution in [0.25, 0.3) is 5.82 Å². The van der Waals surface area contributed by atoms with Crippen LogP contribution in [0.4, 0.5) is 5.69 Å². The van der Waals surface area contributed by atoms with Gasteiger partial charge >= 0.3 is 0 Å². The number of carbonyl (C=O) groups excluding carboxylic acids is 1. The number of carbonyl (C=O) groups is 1. The van der Waals surface area contributed by atoms with Crippen LogP contribution in [-0.4, -0.2) is 58.9 Å². The smallest absolute Gasteiger partial charge is 0.259 e. The van der Waals surface area contributed by atoms with E-state index in [-0.39, 0.29) is 5.91 Å². The van der Waals surface area contributed by atoms with Crippen LogP contribution >= 0.6 is 0 Å². The summed E-state index contributed by atoms with van der Waals surface area (Å²) in [6.45, 7) is 9.54. The number of likely N-dealkylation sites (N-methyl/N-ethyl adjacent to an activating group) is 1. The third-order valence-corrected chi connectivity index (χ3v) is 5.30. The number of rotatable bonds is 11. The summed E-state index contributed by atoms with van der Waals surface area (Å²) in [5, 5.41) is 7.33. The van der Waals surface area contributed by atoms with E-state index in [0.29, 0.717) is 41.6 Å². The van der Waals surface area contributed by atoms with Crippen molar-refractivity contribution in [3.8, 4) is 17.3 Å². The molecule has 0 bridgehead atoms. The molecule has 0 aliphatic heterocycles. The molecule has 2 heterocycles. The fraction of sp³-hybridized carbons (Fsp3) is 0.375. The molecule has 0 aliphatic rings. The first-order chi connectivity index (χ1) is 15.6. The third-order valence-electron chi connectivity index (χ3n) is 5.30. The zero-order valence-electron chi connectivity index (χ0n) is 19.2. The molecule has 8 heteroatoms. The summed E-state index contributed by atoms with van der Waals surface area (Å²) in [4.78, 5) is 19.6. The molecule has 1 N–H and O–H groups in total. The molecule has 0 radical (unpaired) electrons. The first kappa shape index (κ1) is 23.3. The summed E-state index contributed by atoms with van der Waals surface area (Å²) in [5.41, 5.74) is 1.93. The van der Waals surface area contributed by atoms with Crippen molar-refractivity contribution in [2.75, 3.05) is 38.7 Å². The SMILES string of the molecule is CCc1c(C(=O)Nc2ccc(OC)c(OCCN(CC)CC)c2)cnn1-c1ccccn1. The number of anilines is 1. The van der Waals surface area contributed by atoms with Crippen LogP contribution in [0, 0.1) is 0 Å². The van der Waals surface area contributed by atoms with Gasteiger partial charge < -0.3 is 19.7 Å². The highest BCUT2D eigenvalue weighted by Gasteiger charge is 2.18. The molecule has 3 aromatic rings. The minimum Gasteiger partial charge on any atom is -0.493 e. The Hall–Kier alpha value is -3.39. The highest BCUT2D eigenvalue weighted by molar-refractivity contribution is 6.05. The van der Waals surface area contributed by atoms with E-state index in [4.69, 9.17) is 9.47 Å². The monoisotopic (exact) mass is 437 g/mol. The molecule has 170 valence electrons. The number of nitrogens with zero attached hydrogens (tertiary/aromatic N) is 4. The lowest BCUT2D eigenvalue weighted by molar-refractivity contribution is 0.102. The van der Waals surface area contributed by atoms with E-state index in [1.165, 1.54) is 0 Å². The molecule has 2 aromatic heterocycles. The molecule has 0 atom stereocenters. The molecule has 8 nitrogen and oxygen atoms in total. The van der Waals surface area contributed by atoms with Gasteiger partial charge in [0.1, 0.15) is 6.61 Å². The highest BCUT2D eigenvalue weighted by Crippen LogP contribution is 2.30. The van der Waals surface area contributed by atoms with Crippen molar-refractivity contribution >= 4 is 11.6 Å². The van der Waals surface area contributed by atoms with E-state index in [1.807, 2.05) is 25.1 Å². The molecular weight excluding hydrogens is 406 g/mol. The molecule has 0 fully saturated rings. The van der Waals surface area contributed by atoms with Crippen LogP contribution in [-0.2, 0) is 6.42 Å². The Balaban J connectivity index is 1.76. The summed E-state index contributed by atoms with van der Waals surface area (Å²) in [6, 6.07) is 11.0. The van der Waals surface area contributed by atoms with Gasteiger partial charge in [0.15, 0.2) is 17.3 Å². The van der Waals surface area contributed by atoms with Crippen molar-refractivity contribution in [3.05, 3.63) is 60.0 Å². The molecule has 0 unspecified atom stereocenters. The average molecular weight is 438 g/mol. The molecule has 0 saturated carbocycles. The first-order valence-corrected chi connectivity index (χ1v) is 10.9. The Morgan fingerprint density at radius 1 is 1.12 bits per heavy atom. The van der Waals surface area contributed by atoms with Crippen molar-refractivity contribution in [3.63, 3.8) is 0 Å². The fourth-order valence-electron chi connectivity index (χ4n) is 3.47.